The number of anilines is 2. The van der Waals surface area contributed by atoms with E-state index in [-0.39, 0.29) is 11.9 Å². The van der Waals surface area contributed by atoms with E-state index in [1.807, 2.05) is 38.2 Å². The largest absolute Gasteiger partial charge is 0.388 e. The summed E-state index contributed by atoms with van der Waals surface area (Å²) in [7, 11) is 5.73. The van der Waals surface area contributed by atoms with Crippen molar-refractivity contribution in [3.8, 4) is 0 Å². The Balaban J connectivity index is 2.31. The van der Waals surface area contributed by atoms with Crippen LogP contribution in [0.25, 0.3) is 0 Å². The van der Waals surface area contributed by atoms with E-state index in [4.69, 9.17) is 0 Å². The maximum absolute atomic E-state index is 11.8. The van der Waals surface area contributed by atoms with Crippen LogP contribution in [0.2, 0.25) is 0 Å². The standard InChI is InChI=1S/C12H17N3O/c1-13-9-5-4-8-6-11(15(2)3)12(16)14-10(8)7-9/h4-5,7,11,13H,6H2,1-3H3,(H,14,16). The van der Waals surface area contributed by atoms with Gasteiger partial charge in [-0.15, -0.1) is 0 Å². The van der Waals surface area contributed by atoms with Crippen molar-refractivity contribution < 1.29 is 4.79 Å². The highest BCUT2D eigenvalue weighted by Gasteiger charge is 2.27. The van der Waals surface area contributed by atoms with Crippen molar-refractivity contribution in [2.24, 2.45) is 0 Å². The Hall–Kier alpha value is -1.55. The second-order valence-electron chi connectivity index (χ2n) is 4.29. The number of amides is 1. The molecule has 4 heteroatoms. The summed E-state index contributed by atoms with van der Waals surface area (Å²) in [5.74, 6) is 0.0748. The Kier molecular flexibility index (Phi) is 2.83. The molecule has 0 aliphatic carbocycles. The Bertz CT molecular complexity index is 415. The lowest BCUT2D eigenvalue weighted by Crippen LogP contribution is -2.44. The number of benzene rings is 1. The molecular weight excluding hydrogens is 202 g/mol. The fraction of sp³-hybridized carbons (Fsp3) is 0.417. The summed E-state index contributed by atoms with van der Waals surface area (Å²) >= 11 is 0. The fourth-order valence-corrected chi connectivity index (χ4v) is 1.96. The lowest BCUT2D eigenvalue weighted by molar-refractivity contribution is -0.120. The molecule has 16 heavy (non-hydrogen) atoms. The van der Waals surface area contributed by atoms with Crippen LogP contribution >= 0.6 is 0 Å². The fourth-order valence-electron chi connectivity index (χ4n) is 1.96. The molecule has 1 heterocycles. The first-order valence-corrected chi connectivity index (χ1v) is 5.40. The van der Waals surface area contributed by atoms with Crippen LogP contribution in [0, 0.1) is 0 Å². The van der Waals surface area contributed by atoms with Gasteiger partial charge < -0.3 is 10.6 Å². The van der Waals surface area contributed by atoms with Gasteiger partial charge in [-0.1, -0.05) is 6.07 Å². The van der Waals surface area contributed by atoms with Gasteiger partial charge in [-0.2, -0.15) is 0 Å². The van der Waals surface area contributed by atoms with Gasteiger partial charge in [0.25, 0.3) is 0 Å². The van der Waals surface area contributed by atoms with Crippen LogP contribution in [-0.4, -0.2) is 38.0 Å². The van der Waals surface area contributed by atoms with Crippen molar-refractivity contribution in [2.75, 3.05) is 31.8 Å². The average molecular weight is 219 g/mol. The molecule has 1 amide bonds. The maximum Gasteiger partial charge on any atom is 0.242 e. The zero-order chi connectivity index (χ0) is 11.7. The zero-order valence-corrected chi connectivity index (χ0v) is 9.87. The first kappa shape index (κ1) is 11.0. The predicted octanol–water partition coefficient (Wildman–Crippen LogP) is 1.15. The van der Waals surface area contributed by atoms with Crippen LogP contribution in [0.15, 0.2) is 18.2 Å². The lowest BCUT2D eigenvalue weighted by atomic mass is 9.98. The van der Waals surface area contributed by atoms with Crippen molar-refractivity contribution in [3.05, 3.63) is 23.8 Å². The molecule has 2 rings (SSSR count). The van der Waals surface area contributed by atoms with E-state index in [9.17, 15) is 4.79 Å². The molecule has 2 N–H and O–H groups in total. The second-order valence-corrected chi connectivity index (χ2v) is 4.29. The van der Waals surface area contributed by atoms with E-state index in [0.717, 1.165) is 17.8 Å². The van der Waals surface area contributed by atoms with Crippen LogP contribution in [0.4, 0.5) is 11.4 Å². The molecule has 0 aromatic heterocycles. The van der Waals surface area contributed by atoms with Gasteiger partial charge in [0.1, 0.15) is 0 Å². The molecule has 0 saturated heterocycles. The predicted molar refractivity (Wildman–Crippen MR) is 65.8 cm³/mol. The van der Waals surface area contributed by atoms with Crippen LogP contribution in [0.5, 0.6) is 0 Å². The van der Waals surface area contributed by atoms with Crippen LogP contribution in [-0.2, 0) is 11.2 Å². The summed E-state index contributed by atoms with van der Waals surface area (Å²) < 4.78 is 0. The van der Waals surface area contributed by atoms with Gasteiger partial charge in [0, 0.05) is 18.4 Å². The van der Waals surface area contributed by atoms with Gasteiger partial charge in [0.2, 0.25) is 5.91 Å². The molecular formula is C12H17N3O. The summed E-state index contributed by atoms with van der Waals surface area (Å²) in [4.78, 5) is 13.8. The SMILES string of the molecule is CNc1ccc2c(c1)NC(=O)C(N(C)C)C2. The number of hydrogen-bond donors (Lipinski definition) is 2. The van der Waals surface area contributed by atoms with Crippen molar-refractivity contribution >= 4 is 17.3 Å². The van der Waals surface area contributed by atoms with Gasteiger partial charge >= 0.3 is 0 Å². The monoisotopic (exact) mass is 219 g/mol. The third kappa shape index (κ3) is 1.88. The Morgan fingerprint density at radius 3 is 2.81 bits per heavy atom. The maximum atomic E-state index is 11.8. The van der Waals surface area contributed by atoms with Crippen LogP contribution in [0.3, 0.4) is 0 Å². The molecule has 4 nitrogen and oxygen atoms in total. The van der Waals surface area contributed by atoms with Gasteiger partial charge in [-0.05, 0) is 38.2 Å². The highest BCUT2D eigenvalue weighted by Crippen LogP contribution is 2.26. The number of nitrogens with one attached hydrogen (secondary N) is 2. The van der Waals surface area contributed by atoms with Gasteiger partial charge in [-0.25, -0.2) is 0 Å². The minimum absolute atomic E-state index is 0.0621. The number of hydrogen-bond acceptors (Lipinski definition) is 3. The number of carbonyl (C=O) groups excluding carboxylic acids is 1. The lowest BCUT2D eigenvalue weighted by Gasteiger charge is -2.29. The van der Waals surface area contributed by atoms with E-state index in [1.54, 1.807) is 0 Å². The van der Waals surface area contributed by atoms with Crippen molar-refractivity contribution in [2.45, 2.75) is 12.5 Å². The van der Waals surface area contributed by atoms with E-state index in [0.29, 0.717) is 0 Å². The highest BCUT2D eigenvalue weighted by atomic mass is 16.2. The number of carbonyl (C=O) groups is 1. The first-order valence-electron chi connectivity index (χ1n) is 5.40. The smallest absolute Gasteiger partial charge is 0.242 e. The van der Waals surface area contributed by atoms with Crippen molar-refractivity contribution in [3.63, 3.8) is 0 Å². The summed E-state index contributed by atoms with van der Waals surface area (Å²) in [5, 5.41) is 6.01. The molecule has 0 saturated carbocycles. The molecule has 86 valence electrons. The van der Waals surface area contributed by atoms with Gasteiger partial charge in [0.05, 0.1) is 6.04 Å². The normalized spacial score (nSPS) is 19.2. The molecule has 0 radical (unpaired) electrons. The molecule has 0 spiro atoms. The summed E-state index contributed by atoms with van der Waals surface area (Å²) in [6.07, 6.45) is 0.776. The molecule has 1 aliphatic heterocycles. The number of nitrogens with zero attached hydrogens (tertiary/aromatic N) is 1. The van der Waals surface area contributed by atoms with Crippen LogP contribution < -0.4 is 10.6 Å². The average Bonchev–Trinajstić information content (AvgIpc) is 2.27. The number of rotatable bonds is 2. The van der Waals surface area contributed by atoms with E-state index in [2.05, 4.69) is 16.7 Å². The molecule has 1 aromatic carbocycles. The molecule has 0 bridgehead atoms. The minimum atomic E-state index is -0.0621. The second kappa shape index (κ2) is 4.14. The number of likely N-dealkylation sites (N-methyl/N-ethyl adjacent to an activating group) is 1. The Morgan fingerprint density at radius 1 is 1.44 bits per heavy atom. The topological polar surface area (TPSA) is 44.4 Å². The van der Waals surface area contributed by atoms with Gasteiger partial charge in [0.15, 0.2) is 0 Å². The molecule has 1 atom stereocenters. The van der Waals surface area contributed by atoms with Gasteiger partial charge in [-0.3, -0.25) is 9.69 Å². The summed E-state index contributed by atoms with van der Waals surface area (Å²) in [6.45, 7) is 0. The first-order chi connectivity index (χ1) is 7.61. The summed E-state index contributed by atoms with van der Waals surface area (Å²) in [6, 6.07) is 6.01. The van der Waals surface area contributed by atoms with E-state index in [1.165, 1.54) is 5.56 Å². The Morgan fingerprint density at radius 2 is 2.19 bits per heavy atom. The Labute approximate surface area is 95.6 Å². The van der Waals surface area contributed by atoms with E-state index < -0.39 is 0 Å². The highest BCUT2D eigenvalue weighted by molar-refractivity contribution is 5.98. The number of fused-ring (bicyclic) bond motifs is 1. The molecule has 1 aliphatic rings. The van der Waals surface area contributed by atoms with E-state index >= 15 is 0 Å². The van der Waals surface area contributed by atoms with Crippen molar-refractivity contribution in [1.82, 2.24) is 4.90 Å². The molecule has 1 aromatic rings. The third-order valence-electron chi connectivity index (χ3n) is 3.00. The minimum Gasteiger partial charge on any atom is -0.388 e. The molecule has 1 unspecified atom stereocenters. The summed E-state index contributed by atoms with van der Waals surface area (Å²) in [5.41, 5.74) is 3.13. The zero-order valence-electron chi connectivity index (χ0n) is 9.87. The van der Waals surface area contributed by atoms with Crippen LogP contribution in [0.1, 0.15) is 5.56 Å². The third-order valence-corrected chi connectivity index (χ3v) is 3.00. The molecule has 0 fully saturated rings. The quantitative estimate of drug-likeness (QED) is 0.784. The van der Waals surface area contributed by atoms with Crippen molar-refractivity contribution in [1.29, 1.82) is 0 Å².